The van der Waals surface area contributed by atoms with Crippen LogP contribution in [0.2, 0.25) is 0 Å². The fourth-order valence-corrected chi connectivity index (χ4v) is 3.87. The average Bonchev–Trinajstić information content (AvgIpc) is 3.41. The molecule has 0 saturated carbocycles. The predicted molar refractivity (Wildman–Crippen MR) is 108 cm³/mol. The summed E-state index contributed by atoms with van der Waals surface area (Å²) in [6, 6.07) is 13.4. The SMILES string of the molecule is O=C(CCc1cc2ccccc2[nH]c1=O)NCC(c1ccco1)N1CCCC1. The highest BCUT2D eigenvalue weighted by molar-refractivity contribution is 5.79. The van der Waals surface area contributed by atoms with E-state index in [1.54, 1.807) is 6.26 Å². The highest BCUT2D eigenvalue weighted by Crippen LogP contribution is 2.24. The van der Waals surface area contributed by atoms with E-state index < -0.39 is 0 Å². The van der Waals surface area contributed by atoms with Crippen molar-refractivity contribution in [1.82, 2.24) is 15.2 Å². The Labute approximate surface area is 163 Å². The maximum Gasteiger partial charge on any atom is 0.251 e. The summed E-state index contributed by atoms with van der Waals surface area (Å²) in [4.78, 5) is 29.9. The Balaban J connectivity index is 1.36. The zero-order valence-electron chi connectivity index (χ0n) is 15.8. The van der Waals surface area contributed by atoms with Crippen molar-refractivity contribution < 1.29 is 9.21 Å². The number of nitrogens with zero attached hydrogens (tertiary/aromatic N) is 1. The van der Waals surface area contributed by atoms with Crippen LogP contribution in [0.25, 0.3) is 10.9 Å². The number of aryl methyl sites for hydroxylation is 1. The molecule has 1 unspecified atom stereocenters. The molecule has 1 amide bonds. The number of rotatable bonds is 7. The van der Waals surface area contributed by atoms with E-state index in [0.29, 0.717) is 18.5 Å². The first-order chi connectivity index (χ1) is 13.7. The molecular formula is C22H25N3O3. The topological polar surface area (TPSA) is 78.3 Å². The molecule has 28 heavy (non-hydrogen) atoms. The van der Waals surface area contributed by atoms with Gasteiger partial charge in [-0.3, -0.25) is 14.5 Å². The Hall–Kier alpha value is -2.86. The largest absolute Gasteiger partial charge is 0.468 e. The second-order valence-electron chi connectivity index (χ2n) is 7.29. The fraction of sp³-hybridized carbons (Fsp3) is 0.364. The van der Waals surface area contributed by atoms with Gasteiger partial charge in [-0.15, -0.1) is 0 Å². The van der Waals surface area contributed by atoms with Gasteiger partial charge in [0.25, 0.3) is 5.56 Å². The molecule has 1 aromatic carbocycles. The van der Waals surface area contributed by atoms with Crippen molar-refractivity contribution in [3.05, 3.63) is 70.4 Å². The molecule has 2 aromatic heterocycles. The average molecular weight is 379 g/mol. The fourth-order valence-electron chi connectivity index (χ4n) is 3.87. The van der Waals surface area contributed by atoms with Gasteiger partial charge in [-0.2, -0.15) is 0 Å². The van der Waals surface area contributed by atoms with Crippen molar-refractivity contribution in [2.75, 3.05) is 19.6 Å². The molecule has 1 fully saturated rings. The van der Waals surface area contributed by atoms with E-state index in [1.165, 1.54) is 12.8 Å². The van der Waals surface area contributed by atoms with Crippen molar-refractivity contribution >= 4 is 16.8 Å². The number of likely N-dealkylation sites (tertiary alicyclic amines) is 1. The van der Waals surface area contributed by atoms with Gasteiger partial charge in [0, 0.05) is 24.0 Å². The molecule has 1 aliphatic rings. The maximum atomic E-state index is 12.4. The number of pyridine rings is 1. The summed E-state index contributed by atoms with van der Waals surface area (Å²) in [5.41, 5.74) is 1.32. The Morgan fingerprint density at radius 1 is 1.18 bits per heavy atom. The first-order valence-electron chi connectivity index (χ1n) is 9.86. The summed E-state index contributed by atoms with van der Waals surface area (Å²) in [6.07, 6.45) is 4.73. The molecular weight excluding hydrogens is 354 g/mol. The van der Waals surface area contributed by atoms with Crippen LogP contribution in [0.4, 0.5) is 0 Å². The van der Waals surface area contributed by atoms with Gasteiger partial charge in [0.1, 0.15) is 5.76 Å². The van der Waals surface area contributed by atoms with Gasteiger partial charge >= 0.3 is 0 Å². The van der Waals surface area contributed by atoms with Crippen LogP contribution in [-0.2, 0) is 11.2 Å². The van der Waals surface area contributed by atoms with Gasteiger partial charge in [0.15, 0.2) is 0 Å². The quantitative estimate of drug-likeness (QED) is 0.661. The molecule has 6 nitrogen and oxygen atoms in total. The van der Waals surface area contributed by atoms with Gasteiger partial charge in [-0.05, 0) is 62.0 Å². The van der Waals surface area contributed by atoms with Crippen LogP contribution < -0.4 is 10.9 Å². The number of nitrogens with one attached hydrogen (secondary N) is 2. The van der Waals surface area contributed by atoms with E-state index in [1.807, 2.05) is 42.5 Å². The number of aromatic amines is 1. The molecule has 0 radical (unpaired) electrons. The first kappa shape index (κ1) is 18.5. The molecule has 3 heterocycles. The number of hydrogen-bond acceptors (Lipinski definition) is 4. The first-order valence-corrected chi connectivity index (χ1v) is 9.86. The van der Waals surface area contributed by atoms with E-state index in [2.05, 4.69) is 15.2 Å². The smallest absolute Gasteiger partial charge is 0.251 e. The minimum atomic E-state index is -0.128. The van der Waals surface area contributed by atoms with Crippen LogP contribution in [0.15, 0.2) is 57.9 Å². The van der Waals surface area contributed by atoms with E-state index in [-0.39, 0.29) is 23.9 Å². The molecule has 6 heteroatoms. The zero-order valence-corrected chi connectivity index (χ0v) is 15.8. The van der Waals surface area contributed by atoms with Crippen molar-refractivity contribution in [2.45, 2.75) is 31.7 Å². The van der Waals surface area contributed by atoms with Crippen molar-refractivity contribution in [3.8, 4) is 0 Å². The number of benzene rings is 1. The Kier molecular flexibility index (Phi) is 5.58. The Morgan fingerprint density at radius 2 is 2.00 bits per heavy atom. The van der Waals surface area contributed by atoms with Crippen LogP contribution in [-0.4, -0.2) is 35.4 Å². The summed E-state index contributed by atoms with van der Waals surface area (Å²) in [6.45, 7) is 2.56. The summed E-state index contributed by atoms with van der Waals surface area (Å²) in [5, 5.41) is 4.00. The molecule has 3 aromatic rings. The Bertz CT molecular complexity index is 988. The third kappa shape index (κ3) is 4.17. The van der Waals surface area contributed by atoms with Crippen molar-refractivity contribution in [1.29, 1.82) is 0 Å². The highest BCUT2D eigenvalue weighted by Gasteiger charge is 2.25. The van der Waals surface area contributed by atoms with Gasteiger partial charge in [-0.25, -0.2) is 0 Å². The maximum absolute atomic E-state index is 12.4. The lowest BCUT2D eigenvalue weighted by atomic mass is 10.1. The molecule has 0 aliphatic carbocycles. The zero-order chi connectivity index (χ0) is 19.3. The van der Waals surface area contributed by atoms with Gasteiger partial charge < -0.3 is 14.7 Å². The molecule has 2 N–H and O–H groups in total. The summed E-state index contributed by atoms with van der Waals surface area (Å²) >= 11 is 0. The number of furan rings is 1. The molecule has 0 bridgehead atoms. The molecule has 146 valence electrons. The number of carbonyl (C=O) groups excluding carboxylic acids is 1. The lowest BCUT2D eigenvalue weighted by molar-refractivity contribution is -0.121. The van der Waals surface area contributed by atoms with Crippen LogP contribution >= 0.6 is 0 Å². The van der Waals surface area contributed by atoms with Crippen LogP contribution in [0.3, 0.4) is 0 Å². The number of H-pyrrole nitrogens is 1. The van der Waals surface area contributed by atoms with E-state index in [9.17, 15) is 9.59 Å². The van der Waals surface area contributed by atoms with Gasteiger partial charge in [0.2, 0.25) is 5.91 Å². The van der Waals surface area contributed by atoms with E-state index >= 15 is 0 Å². The monoisotopic (exact) mass is 379 g/mol. The number of fused-ring (bicyclic) bond motifs is 1. The molecule has 4 rings (SSSR count). The van der Waals surface area contributed by atoms with Gasteiger partial charge in [-0.1, -0.05) is 18.2 Å². The third-order valence-corrected chi connectivity index (χ3v) is 5.40. The summed E-state index contributed by atoms with van der Waals surface area (Å²) in [7, 11) is 0. The molecule has 0 spiro atoms. The normalized spacial score (nSPS) is 15.7. The summed E-state index contributed by atoms with van der Waals surface area (Å²) < 4.78 is 5.59. The minimum Gasteiger partial charge on any atom is -0.468 e. The van der Waals surface area contributed by atoms with Crippen LogP contribution in [0.1, 0.15) is 36.6 Å². The molecule has 1 saturated heterocycles. The number of amides is 1. The molecule has 1 atom stereocenters. The molecule has 1 aliphatic heterocycles. The number of aromatic nitrogens is 1. The standard InChI is InChI=1S/C22H25N3O3/c26-21(10-9-17-14-16-6-1-2-7-18(16)24-22(17)27)23-15-19(20-8-5-13-28-20)25-11-3-4-12-25/h1-2,5-8,13-14,19H,3-4,9-12,15H2,(H,23,26)(H,24,27). The highest BCUT2D eigenvalue weighted by atomic mass is 16.3. The third-order valence-electron chi connectivity index (χ3n) is 5.40. The van der Waals surface area contributed by atoms with Crippen molar-refractivity contribution in [2.24, 2.45) is 0 Å². The summed E-state index contributed by atoms with van der Waals surface area (Å²) in [5.74, 6) is 0.830. The predicted octanol–water partition coefficient (Wildman–Crippen LogP) is 3.01. The second-order valence-corrected chi connectivity index (χ2v) is 7.29. The Morgan fingerprint density at radius 3 is 2.79 bits per heavy atom. The number of carbonyl (C=O) groups is 1. The lowest BCUT2D eigenvalue weighted by Crippen LogP contribution is -2.36. The van der Waals surface area contributed by atoms with Gasteiger partial charge in [0.05, 0.1) is 12.3 Å². The van der Waals surface area contributed by atoms with E-state index in [4.69, 9.17) is 4.42 Å². The van der Waals surface area contributed by atoms with E-state index in [0.717, 1.165) is 29.8 Å². The lowest BCUT2D eigenvalue weighted by Gasteiger charge is -2.26. The number of hydrogen-bond donors (Lipinski definition) is 2. The van der Waals surface area contributed by atoms with Crippen molar-refractivity contribution in [3.63, 3.8) is 0 Å². The van der Waals surface area contributed by atoms with Crippen LogP contribution in [0.5, 0.6) is 0 Å². The minimum absolute atomic E-state index is 0.0525. The number of para-hydroxylation sites is 1. The second kappa shape index (κ2) is 8.44. The van der Waals surface area contributed by atoms with Crippen LogP contribution in [0, 0.1) is 0 Å².